The maximum absolute atomic E-state index is 12.9. The molecule has 1 heterocycles. The lowest BCUT2D eigenvalue weighted by molar-refractivity contribution is -0.116. The van der Waals surface area contributed by atoms with Gasteiger partial charge in [0.1, 0.15) is 4.90 Å². The minimum Gasteiger partial charge on any atom is -0.311 e. The molecule has 1 aliphatic heterocycles. The molecule has 0 aromatic heterocycles. The van der Waals surface area contributed by atoms with Gasteiger partial charge in [-0.2, -0.15) is 0 Å². The van der Waals surface area contributed by atoms with E-state index in [1.807, 2.05) is 6.07 Å². The molecule has 3 rings (SSSR count). The van der Waals surface area contributed by atoms with Crippen LogP contribution < -0.4 is 9.62 Å². The summed E-state index contributed by atoms with van der Waals surface area (Å²) in [5, 5.41) is 0. The summed E-state index contributed by atoms with van der Waals surface area (Å²) in [7, 11) is -3.68. The van der Waals surface area contributed by atoms with Crippen LogP contribution in [-0.4, -0.2) is 27.4 Å². The van der Waals surface area contributed by atoms with Gasteiger partial charge in [-0.25, -0.2) is 13.1 Å². The van der Waals surface area contributed by atoms with E-state index in [2.05, 4.69) is 26.7 Å². The number of sulfonamides is 1. The number of fused-ring (bicyclic) bond motifs is 1. The first-order valence-electron chi connectivity index (χ1n) is 8.66. The number of anilines is 1. The molecule has 0 atom stereocenters. The first-order valence-corrected chi connectivity index (χ1v) is 10.9. The molecular formula is C18H23BrN2O3S. The fraction of sp³-hybridized carbons (Fsp3) is 0.500. The summed E-state index contributed by atoms with van der Waals surface area (Å²) >= 11 is 3.39. The van der Waals surface area contributed by atoms with Gasteiger partial charge in [0.2, 0.25) is 15.9 Å². The van der Waals surface area contributed by atoms with Crippen molar-refractivity contribution in [3.63, 3.8) is 0 Å². The first kappa shape index (κ1) is 18.6. The van der Waals surface area contributed by atoms with Gasteiger partial charge in [-0.15, -0.1) is 0 Å². The second kappa shape index (κ2) is 7.60. The molecule has 0 bridgehead atoms. The molecule has 0 fully saturated rings. The SMILES string of the molecule is CC(=O)N1CCc2cc(Br)cc(S(=O)(=O)NCCC3=CCCCC3)c21. The number of halogens is 1. The number of rotatable bonds is 5. The zero-order valence-corrected chi connectivity index (χ0v) is 16.7. The van der Waals surface area contributed by atoms with Crippen molar-refractivity contribution in [2.75, 3.05) is 18.0 Å². The highest BCUT2D eigenvalue weighted by Crippen LogP contribution is 2.37. The highest BCUT2D eigenvalue weighted by molar-refractivity contribution is 9.10. The number of carbonyl (C=O) groups excluding carboxylic acids is 1. The summed E-state index contributed by atoms with van der Waals surface area (Å²) in [4.78, 5) is 13.6. The number of hydrogen-bond acceptors (Lipinski definition) is 3. The Balaban J connectivity index is 1.82. The quantitative estimate of drug-likeness (QED) is 0.732. The fourth-order valence-corrected chi connectivity index (χ4v) is 5.51. The number of nitrogens with one attached hydrogen (secondary N) is 1. The van der Waals surface area contributed by atoms with Crippen molar-refractivity contribution in [1.29, 1.82) is 0 Å². The van der Waals surface area contributed by atoms with Gasteiger partial charge in [0.25, 0.3) is 0 Å². The largest absolute Gasteiger partial charge is 0.311 e. The summed E-state index contributed by atoms with van der Waals surface area (Å²) < 4.78 is 29.2. The highest BCUT2D eigenvalue weighted by Gasteiger charge is 2.31. The molecule has 25 heavy (non-hydrogen) atoms. The van der Waals surface area contributed by atoms with E-state index in [4.69, 9.17) is 0 Å². The van der Waals surface area contributed by atoms with Crippen LogP contribution in [0.5, 0.6) is 0 Å². The maximum Gasteiger partial charge on any atom is 0.242 e. The van der Waals surface area contributed by atoms with Crippen LogP contribution >= 0.6 is 15.9 Å². The molecular weight excluding hydrogens is 404 g/mol. The van der Waals surface area contributed by atoms with Crippen LogP contribution in [0.3, 0.4) is 0 Å². The van der Waals surface area contributed by atoms with Crippen molar-refractivity contribution >= 4 is 37.5 Å². The van der Waals surface area contributed by atoms with Crippen LogP contribution in [0.25, 0.3) is 0 Å². The second-order valence-electron chi connectivity index (χ2n) is 6.59. The predicted molar refractivity (Wildman–Crippen MR) is 102 cm³/mol. The zero-order valence-electron chi connectivity index (χ0n) is 14.3. The molecule has 0 unspecified atom stereocenters. The van der Waals surface area contributed by atoms with Crippen molar-refractivity contribution in [1.82, 2.24) is 4.72 Å². The standard InChI is InChI=1S/C18H23BrN2O3S/c1-13(22)21-10-8-15-11-16(19)12-17(18(15)21)25(23,24)20-9-7-14-5-3-2-4-6-14/h5,11-12,20H,2-4,6-10H2,1H3. The molecule has 1 aromatic carbocycles. The van der Waals surface area contributed by atoms with Crippen LogP contribution in [-0.2, 0) is 21.2 Å². The lowest BCUT2D eigenvalue weighted by atomic mass is 9.97. The number of carbonyl (C=O) groups is 1. The van der Waals surface area contributed by atoms with Crippen molar-refractivity contribution in [3.05, 3.63) is 33.8 Å². The summed E-state index contributed by atoms with van der Waals surface area (Å²) in [5.41, 5.74) is 2.75. The van der Waals surface area contributed by atoms with E-state index >= 15 is 0 Å². The maximum atomic E-state index is 12.9. The average molecular weight is 427 g/mol. The van der Waals surface area contributed by atoms with E-state index in [1.54, 1.807) is 11.0 Å². The van der Waals surface area contributed by atoms with E-state index < -0.39 is 10.0 Å². The number of amides is 1. The summed E-state index contributed by atoms with van der Waals surface area (Å²) in [6.45, 7) is 2.38. The van der Waals surface area contributed by atoms with E-state index in [-0.39, 0.29) is 10.8 Å². The number of allylic oxidation sites excluding steroid dienone is 1. The minimum absolute atomic E-state index is 0.134. The van der Waals surface area contributed by atoms with Gasteiger partial charge in [0, 0.05) is 24.5 Å². The Kier molecular flexibility index (Phi) is 5.65. The molecule has 1 N–H and O–H groups in total. The van der Waals surface area contributed by atoms with Crippen molar-refractivity contribution in [2.45, 2.75) is 50.3 Å². The fourth-order valence-electron chi connectivity index (χ4n) is 3.54. The van der Waals surface area contributed by atoms with Gasteiger partial charge in [0.15, 0.2) is 0 Å². The molecule has 1 amide bonds. The third-order valence-corrected chi connectivity index (χ3v) is 6.72. The van der Waals surface area contributed by atoms with Gasteiger partial charge in [-0.1, -0.05) is 27.6 Å². The van der Waals surface area contributed by atoms with Crippen LogP contribution in [0.15, 0.2) is 33.2 Å². The van der Waals surface area contributed by atoms with Crippen molar-refractivity contribution in [3.8, 4) is 0 Å². The van der Waals surface area contributed by atoms with Crippen LogP contribution in [0.2, 0.25) is 0 Å². The lowest BCUT2D eigenvalue weighted by Crippen LogP contribution is -2.30. The number of hydrogen-bond donors (Lipinski definition) is 1. The van der Waals surface area contributed by atoms with Crippen LogP contribution in [0, 0.1) is 0 Å². The first-order chi connectivity index (χ1) is 11.9. The van der Waals surface area contributed by atoms with Gasteiger partial charge >= 0.3 is 0 Å². The summed E-state index contributed by atoms with van der Waals surface area (Å²) in [6.07, 6.45) is 8.20. The molecule has 5 nitrogen and oxygen atoms in total. The monoisotopic (exact) mass is 426 g/mol. The van der Waals surface area contributed by atoms with Gasteiger partial charge in [0.05, 0.1) is 5.69 Å². The normalized spacial score (nSPS) is 17.4. The van der Waals surface area contributed by atoms with Crippen molar-refractivity contribution < 1.29 is 13.2 Å². The Labute approximate surface area is 157 Å². The Morgan fingerprint density at radius 3 is 2.76 bits per heavy atom. The Morgan fingerprint density at radius 2 is 2.08 bits per heavy atom. The molecule has 0 saturated carbocycles. The molecule has 2 aliphatic rings. The van der Waals surface area contributed by atoms with Crippen molar-refractivity contribution in [2.24, 2.45) is 0 Å². The third kappa shape index (κ3) is 4.15. The third-order valence-electron chi connectivity index (χ3n) is 4.79. The predicted octanol–water partition coefficient (Wildman–Crippen LogP) is 3.53. The van der Waals surface area contributed by atoms with E-state index in [1.165, 1.54) is 25.3 Å². The molecule has 0 saturated heterocycles. The second-order valence-corrected chi connectivity index (χ2v) is 9.24. The average Bonchev–Trinajstić information content (AvgIpc) is 2.98. The molecule has 1 aromatic rings. The number of nitrogens with zero attached hydrogens (tertiary/aromatic N) is 1. The Hall–Kier alpha value is -1.18. The lowest BCUT2D eigenvalue weighted by Gasteiger charge is -2.19. The summed E-state index contributed by atoms with van der Waals surface area (Å²) in [5.74, 6) is -0.134. The zero-order chi connectivity index (χ0) is 18.0. The molecule has 7 heteroatoms. The molecule has 1 aliphatic carbocycles. The van der Waals surface area contributed by atoms with Crippen LogP contribution in [0.1, 0.15) is 44.6 Å². The van der Waals surface area contributed by atoms with Gasteiger partial charge < -0.3 is 4.90 Å². The van der Waals surface area contributed by atoms with Crippen LogP contribution in [0.4, 0.5) is 5.69 Å². The molecule has 136 valence electrons. The molecule has 0 spiro atoms. The minimum atomic E-state index is -3.68. The van der Waals surface area contributed by atoms with Gasteiger partial charge in [-0.3, -0.25) is 4.79 Å². The smallest absolute Gasteiger partial charge is 0.242 e. The Morgan fingerprint density at radius 1 is 1.28 bits per heavy atom. The van der Waals surface area contributed by atoms with E-state index in [0.717, 1.165) is 24.8 Å². The van der Waals surface area contributed by atoms with E-state index in [9.17, 15) is 13.2 Å². The topological polar surface area (TPSA) is 66.5 Å². The summed E-state index contributed by atoms with van der Waals surface area (Å²) in [6, 6.07) is 3.48. The van der Waals surface area contributed by atoms with Gasteiger partial charge in [-0.05, 0) is 56.2 Å². The number of benzene rings is 1. The Bertz CT molecular complexity index is 818. The molecule has 0 radical (unpaired) electrons. The van der Waals surface area contributed by atoms with E-state index in [0.29, 0.717) is 29.7 Å². The highest BCUT2D eigenvalue weighted by atomic mass is 79.9.